The fourth-order valence-electron chi connectivity index (χ4n) is 1.16. The lowest BCUT2D eigenvalue weighted by atomic mass is 10.2. The van der Waals surface area contributed by atoms with Crippen LogP contribution in [0.1, 0.15) is 23.7 Å². The molecule has 6 nitrogen and oxygen atoms in total. The van der Waals surface area contributed by atoms with E-state index in [1.165, 1.54) is 10.9 Å². The van der Waals surface area contributed by atoms with E-state index in [0.717, 1.165) is 0 Å². The van der Waals surface area contributed by atoms with Crippen LogP contribution in [0.25, 0.3) is 0 Å². The number of aromatic nitrogens is 2. The Morgan fingerprint density at radius 2 is 2.33 bits per heavy atom. The van der Waals surface area contributed by atoms with Gasteiger partial charge in [0.2, 0.25) is 0 Å². The van der Waals surface area contributed by atoms with Gasteiger partial charge in [-0.3, -0.25) is 14.3 Å². The maximum absolute atomic E-state index is 11.5. The highest BCUT2D eigenvalue weighted by atomic mass is 16.4. The molecule has 1 unspecified atom stereocenters. The molecule has 1 amide bonds. The number of carboxylic acids is 1. The van der Waals surface area contributed by atoms with Crippen LogP contribution in [0.2, 0.25) is 0 Å². The van der Waals surface area contributed by atoms with E-state index in [-0.39, 0.29) is 12.3 Å². The zero-order valence-electron chi connectivity index (χ0n) is 8.60. The van der Waals surface area contributed by atoms with E-state index in [1.807, 2.05) is 0 Å². The number of nitrogens with zero attached hydrogens (tertiary/aromatic N) is 2. The van der Waals surface area contributed by atoms with Crippen molar-refractivity contribution < 1.29 is 14.7 Å². The summed E-state index contributed by atoms with van der Waals surface area (Å²) in [6.45, 7) is 1.64. The molecule has 0 fully saturated rings. The minimum atomic E-state index is -0.936. The Morgan fingerprint density at radius 3 is 2.80 bits per heavy atom. The fraction of sp³-hybridized carbons (Fsp3) is 0.444. The first-order valence-corrected chi connectivity index (χ1v) is 4.50. The highest BCUT2D eigenvalue weighted by Gasteiger charge is 2.13. The van der Waals surface area contributed by atoms with E-state index < -0.39 is 12.0 Å². The molecular formula is C9H13N3O3. The Balaban J connectivity index is 2.52. The van der Waals surface area contributed by atoms with Gasteiger partial charge in [0.05, 0.1) is 18.2 Å². The topological polar surface area (TPSA) is 84.2 Å². The van der Waals surface area contributed by atoms with E-state index in [0.29, 0.717) is 5.56 Å². The molecule has 1 aromatic heterocycles. The van der Waals surface area contributed by atoms with Crippen molar-refractivity contribution >= 4 is 11.9 Å². The summed E-state index contributed by atoms with van der Waals surface area (Å²) in [5, 5.41) is 14.9. The maximum atomic E-state index is 11.5. The normalized spacial score (nSPS) is 12.1. The Labute approximate surface area is 86.9 Å². The second-order valence-corrected chi connectivity index (χ2v) is 3.38. The number of amides is 1. The largest absolute Gasteiger partial charge is 0.481 e. The Kier molecular flexibility index (Phi) is 3.43. The van der Waals surface area contributed by atoms with Gasteiger partial charge in [-0.05, 0) is 6.92 Å². The molecule has 0 aliphatic heterocycles. The minimum Gasteiger partial charge on any atom is -0.481 e. The van der Waals surface area contributed by atoms with Gasteiger partial charge in [-0.1, -0.05) is 0 Å². The van der Waals surface area contributed by atoms with Crippen LogP contribution in [0.15, 0.2) is 12.4 Å². The van der Waals surface area contributed by atoms with Crippen LogP contribution in [-0.2, 0) is 11.8 Å². The summed E-state index contributed by atoms with van der Waals surface area (Å²) in [5.74, 6) is -1.24. The summed E-state index contributed by atoms with van der Waals surface area (Å²) >= 11 is 0. The van der Waals surface area contributed by atoms with Gasteiger partial charge >= 0.3 is 5.97 Å². The summed E-state index contributed by atoms with van der Waals surface area (Å²) in [7, 11) is 1.71. The van der Waals surface area contributed by atoms with Gasteiger partial charge in [-0.25, -0.2) is 0 Å². The molecule has 1 heterocycles. The van der Waals surface area contributed by atoms with Crippen LogP contribution in [0.4, 0.5) is 0 Å². The zero-order valence-corrected chi connectivity index (χ0v) is 8.60. The third-order valence-corrected chi connectivity index (χ3v) is 1.83. The van der Waals surface area contributed by atoms with Gasteiger partial charge in [0.25, 0.3) is 5.91 Å². The molecule has 0 saturated carbocycles. The molecule has 2 N–H and O–H groups in total. The second-order valence-electron chi connectivity index (χ2n) is 3.38. The number of hydrogen-bond acceptors (Lipinski definition) is 3. The van der Waals surface area contributed by atoms with E-state index >= 15 is 0 Å². The predicted octanol–water partition coefficient (Wildman–Crippen LogP) is 0.0131. The lowest BCUT2D eigenvalue weighted by molar-refractivity contribution is -0.137. The van der Waals surface area contributed by atoms with Crippen molar-refractivity contribution in [1.29, 1.82) is 0 Å². The van der Waals surface area contributed by atoms with Crippen LogP contribution >= 0.6 is 0 Å². The number of carbonyl (C=O) groups excluding carboxylic acids is 1. The third kappa shape index (κ3) is 3.41. The molecule has 0 radical (unpaired) electrons. The van der Waals surface area contributed by atoms with Gasteiger partial charge in [0, 0.05) is 19.3 Å². The monoisotopic (exact) mass is 211 g/mol. The first-order valence-electron chi connectivity index (χ1n) is 4.50. The van der Waals surface area contributed by atoms with Crippen molar-refractivity contribution in [2.45, 2.75) is 19.4 Å². The molecule has 0 aliphatic carbocycles. The maximum Gasteiger partial charge on any atom is 0.305 e. The summed E-state index contributed by atoms with van der Waals surface area (Å²) < 4.78 is 1.51. The molecule has 6 heteroatoms. The van der Waals surface area contributed by atoms with Crippen LogP contribution < -0.4 is 5.32 Å². The summed E-state index contributed by atoms with van der Waals surface area (Å²) in [6, 6.07) is -0.393. The molecule has 82 valence electrons. The molecule has 0 aliphatic rings. The lowest BCUT2D eigenvalue weighted by Crippen LogP contribution is -2.33. The summed E-state index contributed by atoms with van der Waals surface area (Å²) in [4.78, 5) is 21.9. The van der Waals surface area contributed by atoms with Crippen LogP contribution in [0.3, 0.4) is 0 Å². The number of aryl methyl sites for hydroxylation is 1. The molecule has 15 heavy (non-hydrogen) atoms. The smallest absolute Gasteiger partial charge is 0.305 e. The van der Waals surface area contributed by atoms with Crippen molar-refractivity contribution in [3.8, 4) is 0 Å². The zero-order chi connectivity index (χ0) is 11.4. The second kappa shape index (κ2) is 4.59. The number of rotatable bonds is 4. The molecule has 1 atom stereocenters. The Bertz CT molecular complexity index is 372. The van der Waals surface area contributed by atoms with Crippen molar-refractivity contribution in [1.82, 2.24) is 15.1 Å². The van der Waals surface area contributed by atoms with Gasteiger partial charge in [0.15, 0.2) is 0 Å². The van der Waals surface area contributed by atoms with E-state index in [4.69, 9.17) is 5.11 Å². The Morgan fingerprint density at radius 1 is 1.67 bits per heavy atom. The molecule has 1 rings (SSSR count). The number of aliphatic carboxylic acids is 1. The molecule has 0 saturated heterocycles. The van der Waals surface area contributed by atoms with Gasteiger partial charge in [0.1, 0.15) is 0 Å². The fourth-order valence-corrected chi connectivity index (χ4v) is 1.16. The van der Waals surface area contributed by atoms with Crippen molar-refractivity contribution in [3.05, 3.63) is 18.0 Å². The van der Waals surface area contributed by atoms with Crippen LogP contribution in [-0.4, -0.2) is 32.8 Å². The van der Waals surface area contributed by atoms with Gasteiger partial charge < -0.3 is 10.4 Å². The summed E-state index contributed by atoms with van der Waals surface area (Å²) in [6.07, 6.45) is 2.91. The summed E-state index contributed by atoms with van der Waals surface area (Å²) in [5.41, 5.74) is 0.426. The molecule has 0 bridgehead atoms. The van der Waals surface area contributed by atoms with E-state index in [9.17, 15) is 9.59 Å². The Hall–Kier alpha value is -1.85. The highest BCUT2D eigenvalue weighted by molar-refractivity contribution is 5.94. The lowest BCUT2D eigenvalue weighted by Gasteiger charge is -2.09. The third-order valence-electron chi connectivity index (χ3n) is 1.83. The predicted molar refractivity (Wildman–Crippen MR) is 52.4 cm³/mol. The first-order chi connectivity index (χ1) is 6.99. The van der Waals surface area contributed by atoms with E-state index in [2.05, 4.69) is 10.4 Å². The molecule has 1 aromatic rings. The standard InChI is InChI=1S/C9H13N3O3/c1-6(3-8(13)14)11-9(15)7-4-10-12(2)5-7/h4-6H,3H2,1-2H3,(H,11,15)(H,13,14). The van der Waals surface area contributed by atoms with Gasteiger partial charge in [-0.15, -0.1) is 0 Å². The van der Waals surface area contributed by atoms with Crippen LogP contribution in [0.5, 0.6) is 0 Å². The van der Waals surface area contributed by atoms with Gasteiger partial charge in [-0.2, -0.15) is 5.10 Å². The number of hydrogen-bond donors (Lipinski definition) is 2. The highest BCUT2D eigenvalue weighted by Crippen LogP contribution is 1.98. The number of carboxylic acid groups (broad SMARTS) is 1. The minimum absolute atomic E-state index is 0.0913. The number of carbonyl (C=O) groups is 2. The number of nitrogens with one attached hydrogen (secondary N) is 1. The quantitative estimate of drug-likeness (QED) is 0.735. The molecular weight excluding hydrogens is 198 g/mol. The van der Waals surface area contributed by atoms with Crippen molar-refractivity contribution in [2.24, 2.45) is 7.05 Å². The average molecular weight is 211 g/mol. The average Bonchev–Trinajstić information content (AvgIpc) is 2.49. The van der Waals surface area contributed by atoms with Crippen molar-refractivity contribution in [3.63, 3.8) is 0 Å². The SMILES string of the molecule is CC(CC(=O)O)NC(=O)c1cnn(C)c1. The van der Waals surface area contributed by atoms with Crippen LogP contribution in [0, 0.1) is 0 Å². The van der Waals surface area contributed by atoms with E-state index in [1.54, 1.807) is 20.2 Å². The molecule has 0 aromatic carbocycles. The molecule has 0 spiro atoms. The first kappa shape index (κ1) is 11.2. The van der Waals surface area contributed by atoms with Crippen molar-refractivity contribution in [2.75, 3.05) is 0 Å².